The van der Waals surface area contributed by atoms with Gasteiger partial charge in [0.25, 0.3) is 0 Å². The predicted molar refractivity (Wildman–Crippen MR) is 129 cm³/mol. The van der Waals surface area contributed by atoms with Gasteiger partial charge < -0.3 is 30.7 Å². The average Bonchev–Trinajstić information content (AvgIpc) is 3.39. The maximum Gasteiger partial charge on any atom is 0.249 e. The molecule has 1 aromatic rings. The molecule has 1 unspecified atom stereocenters. The molecule has 1 aromatic heterocycles. The van der Waals surface area contributed by atoms with E-state index in [0.717, 1.165) is 23.9 Å². The molecule has 11 nitrogen and oxygen atoms in total. The summed E-state index contributed by atoms with van der Waals surface area (Å²) in [6.07, 6.45) is 5.27. The zero-order valence-electron chi connectivity index (χ0n) is 19.6. The van der Waals surface area contributed by atoms with Crippen molar-refractivity contribution in [3.05, 3.63) is 19.5 Å². The van der Waals surface area contributed by atoms with E-state index in [2.05, 4.69) is 34.8 Å². The summed E-state index contributed by atoms with van der Waals surface area (Å²) in [6.45, 7) is 5.37. The highest BCUT2D eigenvalue weighted by atomic mass is 32.2. The Kier molecular flexibility index (Phi) is 12.8. The van der Waals surface area contributed by atoms with Gasteiger partial charge in [-0.2, -0.15) is 11.8 Å². The van der Waals surface area contributed by atoms with Crippen LogP contribution in [0.1, 0.15) is 58.1 Å². The van der Waals surface area contributed by atoms with Gasteiger partial charge in [-0.25, -0.2) is 4.68 Å². The summed E-state index contributed by atoms with van der Waals surface area (Å²) in [5.41, 5.74) is 0. The molecular weight excluding hydrogens is 462 g/mol. The predicted octanol–water partition coefficient (Wildman–Crippen LogP) is 0.835. The van der Waals surface area contributed by atoms with Gasteiger partial charge in [0.15, 0.2) is 12.0 Å². The van der Waals surface area contributed by atoms with Gasteiger partial charge in [-0.3, -0.25) is 9.59 Å². The van der Waals surface area contributed by atoms with Gasteiger partial charge in [-0.1, -0.05) is 44.2 Å². The summed E-state index contributed by atoms with van der Waals surface area (Å²) >= 11 is 1.47. The first kappa shape index (κ1) is 28.5. The van der Waals surface area contributed by atoms with Crippen LogP contribution in [0.25, 0.3) is 0 Å². The molecule has 2 amide bonds. The van der Waals surface area contributed by atoms with Crippen molar-refractivity contribution in [2.75, 3.05) is 23.4 Å². The molecule has 2 heterocycles. The number of hydrogen-bond acceptors (Lipinski definition) is 9. The Morgan fingerprint density at radius 3 is 2.68 bits per heavy atom. The summed E-state index contributed by atoms with van der Waals surface area (Å²) < 4.78 is 6.57. The number of carbonyl (C=O) groups is 2. The lowest BCUT2D eigenvalue weighted by Crippen LogP contribution is -2.45. The van der Waals surface area contributed by atoms with Crippen LogP contribution in [0.2, 0.25) is 0 Å². The molecule has 0 saturated carbocycles. The highest BCUT2D eigenvalue weighted by molar-refractivity contribution is 7.99. The Balaban J connectivity index is 1.90. The fraction of sp³-hybridized carbons (Fsp3) is 0.727. The van der Waals surface area contributed by atoms with Crippen LogP contribution in [0.15, 0.2) is 6.20 Å². The molecule has 34 heavy (non-hydrogen) atoms. The van der Waals surface area contributed by atoms with E-state index in [-0.39, 0.29) is 11.7 Å². The largest absolute Gasteiger partial charge is 0.394 e. The van der Waals surface area contributed by atoms with E-state index in [0.29, 0.717) is 17.9 Å². The third-order valence-electron chi connectivity index (χ3n) is 5.47. The topological polar surface area (TPSA) is 159 Å². The normalized spacial score (nSPS) is 23.1. The van der Waals surface area contributed by atoms with E-state index in [1.807, 2.05) is 0 Å². The Morgan fingerprint density at radius 1 is 1.26 bits per heavy atom. The van der Waals surface area contributed by atoms with Crippen LogP contribution < -0.4 is 10.6 Å². The molecule has 12 heteroatoms. The molecule has 0 spiro atoms. The molecule has 5 N–H and O–H groups in total. The second-order valence-corrected chi connectivity index (χ2v) is 9.34. The number of ether oxygens (including phenoxy) is 1. The van der Waals surface area contributed by atoms with Gasteiger partial charge in [0.05, 0.1) is 12.8 Å². The van der Waals surface area contributed by atoms with Crippen LogP contribution in [-0.2, 0) is 14.3 Å². The molecule has 192 valence electrons. The number of aromatic nitrogens is 3. The maximum absolute atomic E-state index is 12.8. The number of hydrogen-bond donors (Lipinski definition) is 5. The second-order valence-electron chi connectivity index (χ2n) is 8.27. The number of nitrogens with zero attached hydrogens (tertiary/aromatic N) is 3. The summed E-state index contributed by atoms with van der Waals surface area (Å²) in [6, 6.07) is -0.767. The number of carbonyl (C=O) groups excluding carboxylic acids is 2. The van der Waals surface area contributed by atoms with Crippen molar-refractivity contribution in [3.8, 4) is 0 Å². The number of aliphatic hydroxyl groups excluding tert-OH is 3. The fourth-order valence-corrected chi connectivity index (χ4v) is 4.33. The number of rotatable bonds is 16. The highest BCUT2D eigenvalue weighted by Gasteiger charge is 2.44. The Morgan fingerprint density at radius 2 is 2.00 bits per heavy atom. The quantitative estimate of drug-likeness (QED) is 0.208. The van der Waals surface area contributed by atoms with Gasteiger partial charge in [0.2, 0.25) is 11.8 Å². The molecule has 1 aliphatic rings. The SMILES string of the molecule is [CH2][CH]CSC[C@@H](NC(=O)CCCCCCCC)C(=O)Nc1cn([C@H]2OC(CO)[C@@H](O)[C@H]2O)nn1. The summed E-state index contributed by atoms with van der Waals surface area (Å²) in [7, 11) is 0. The van der Waals surface area contributed by atoms with Gasteiger partial charge in [-0.15, -0.1) is 5.10 Å². The molecule has 1 fully saturated rings. The average molecular weight is 500 g/mol. The van der Waals surface area contributed by atoms with Crippen LogP contribution in [0.5, 0.6) is 0 Å². The van der Waals surface area contributed by atoms with Crippen molar-refractivity contribution in [1.29, 1.82) is 0 Å². The van der Waals surface area contributed by atoms with E-state index in [9.17, 15) is 24.9 Å². The third-order valence-corrected chi connectivity index (χ3v) is 6.51. The van der Waals surface area contributed by atoms with Gasteiger partial charge in [-0.05, 0) is 25.5 Å². The molecule has 5 atom stereocenters. The van der Waals surface area contributed by atoms with Gasteiger partial charge in [0, 0.05) is 12.2 Å². The maximum atomic E-state index is 12.8. The van der Waals surface area contributed by atoms with Crippen LogP contribution in [0, 0.1) is 13.3 Å². The number of nitrogens with one attached hydrogen (secondary N) is 2. The van der Waals surface area contributed by atoms with Crippen LogP contribution >= 0.6 is 11.8 Å². The molecule has 0 aliphatic carbocycles. The first-order chi connectivity index (χ1) is 16.4. The molecule has 2 rings (SSSR count). The number of aliphatic hydroxyl groups is 3. The smallest absolute Gasteiger partial charge is 0.249 e. The van der Waals surface area contributed by atoms with Crippen molar-refractivity contribution in [2.24, 2.45) is 0 Å². The van der Waals surface area contributed by atoms with Gasteiger partial charge in [0.1, 0.15) is 24.4 Å². The van der Waals surface area contributed by atoms with E-state index >= 15 is 0 Å². The van der Waals surface area contributed by atoms with E-state index in [1.165, 1.54) is 37.2 Å². The Labute approximate surface area is 205 Å². The summed E-state index contributed by atoms with van der Waals surface area (Å²) in [4.78, 5) is 25.2. The third kappa shape index (κ3) is 8.81. The fourth-order valence-electron chi connectivity index (χ4n) is 3.55. The highest BCUT2D eigenvalue weighted by Crippen LogP contribution is 2.29. The van der Waals surface area contributed by atoms with Crippen molar-refractivity contribution >= 4 is 29.4 Å². The van der Waals surface area contributed by atoms with Crippen LogP contribution in [-0.4, -0.2) is 84.6 Å². The number of anilines is 1. The minimum atomic E-state index is -1.31. The van der Waals surface area contributed by atoms with Crippen molar-refractivity contribution < 1.29 is 29.6 Å². The molecule has 1 aliphatic heterocycles. The zero-order valence-corrected chi connectivity index (χ0v) is 20.5. The van der Waals surface area contributed by atoms with Gasteiger partial charge >= 0.3 is 0 Å². The minimum Gasteiger partial charge on any atom is -0.394 e. The molecule has 2 radical (unpaired) electrons. The minimum absolute atomic E-state index is 0.103. The summed E-state index contributed by atoms with van der Waals surface area (Å²) in [5.74, 6) is 0.486. The standard InChI is InChI=1S/C22H37N5O6S/c1-3-5-6-7-8-9-10-18(29)23-15(14-34-11-4-2)21(32)24-17-12-27(26-25-17)22-20(31)19(30)16(13-28)33-22/h4,12,15-16,19-20,22,28,30-31H,2-3,5-11,13-14H2,1H3,(H,23,29)(H,24,32)/t15-,16?,19-,20-,22+/m1/s1. The van der Waals surface area contributed by atoms with Crippen molar-refractivity contribution in [1.82, 2.24) is 20.3 Å². The second kappa shape index (κ2) is 15.3. The monoisotopic (exact) mass is 499 g/mol. The van der Waals surface area contributed by atoms with E-state index in [4.69, 9.17) is 4.74 Å². The van der Waals surface area contributed by atoms with Crippen molar-refractivity contribution in [3.63, 3.8) is 0 Å². The number of unbranched alkanes of at least 4 members (excludes halogenated alkanes) is 5. The summed E-state index contributed by atoms with van der Waals surface area (Å²) in [5, 5.41) is 42.4. The van der Waals surface area contributed by atoms with Crippen LogP contribution in [0.4, 0.5) is 5.82 Å². The molecule has 0 aromatic carbocycles. The molecule has 0 bridgehead atoms. The lowest BCUT2D eigenvalue weighted by atomic mass is 10.1. The first-order valence-electron chi connectivity index (χ1n) is 11.7. The Bertz CT molecular complexity index is 751. The molecule has 1 saturated heterocycles. The van der Waals surface area contributed by atoms with E-state index in [1.54, 1.807) is 6.42 Å². The van der Waals surface area contributed by atoms with Crippen molar-refractivity contribution in [2.45, 2.75) is 82.5 Å². The molecular formula is C22H37N5O6S. The van der Waals surface area contributed by atoms with Crippen LogP contribution in [0.3, 0.4) is 0 Å². The lowest BCUT2D eigenvalue weighted by Gasteiger charge is -2.17. The number of amides is 2. The zero-order chi connectivity index (χ0) is 24.9. The van der Waals surface area contributed by atoms with E-state index < -0.39 is 43.1 Å². The number of thioether (sulfide) groups is 1. The first-order valence-corrected chi connectivity index (χ1v) is 12.9. The lowest BCUT2D eigenvalue weighted by molar-refractivity contribution is -0.126. The Hall–Kier alpha value is -1.73.